The van der Waals surface area contributed by atoms with Gasteiger partial charge in [-0.05, 0) is 30.3 Å². The third kappa shape index (κ3) is 6.17. The Morgan fingerprint density at radius 3 is 2.52 bits per heavy atom. The molecule has 0 saturated carbocycles. The molecule has 0 aliphatic carbocycles. The number of anilines is 1. The van der Waals surface area contributed by atoms with Crippen LogP contribution < -0.4 is 15.4 Å². The van der Waals surface area contributed by atoms with Crippen LogP contribution >= 0.6 is 0 Å². The molecule has 0 atom stereocenters. The van der Waals surface area contributed by atoms with Gasteiger partial charge in [-0.15, -0.1) is 0 Å². The van der Waals surface area contributed by atoms with Crippen molar-refractivity contribution in [3.63, 3.8) is 0 Å². The molecule has 0 bridgehead atoms. The van der Waals surface area contributed by atoms with E-state index in [-0.39, 0.29) is 25.5 Å². The zero-order chi connectivity index (χ0) is 16.5. The first kappa shape index (κ1) is 16.5. The number of nitrogens with one attached hydrogen (secondary N) is 2. The number of carbonyl (C=O) groups is 2. The highest BCUT2D eigenvalue weighted by Crippen LogP contribution is 2.09. The smallest absolute Gasteiger partial charge is 0.243 e. The van der Waals surface area contributed by atoms with Crippen LogP contribution in [0.4, 0.5) is 10.1 Å². The molecule has 0 heterocycles. The number of hydrogen-bond donors (Lipinski definition) is 2. The van der Waals surface area contributed by atoms with Gasteiger partial charge in [0.15, 0.2) is 0 Å². The highest BCUT2D eigenvalue weighted by molar-refractivity contribution is 5.94. The van der Waals surface area contributed by atoms with Gasteiger partial charge in [0.05, 0.1) is 19.6 Å². The third-order valence-electron chi connectivity index (χ3n) is 2.90. The second-order valence-corrected chi connectivity index (χ2v) is 4.75. The normalized spacial score (nSPS) is 9.96. The largest absolute Gasteiger partial charge is 0.493 e. The minimum Gasteiger partial charge on any atom is -0.493 e. The Kier molecular flexibility index (Phi) is 6.11. The lowest BCUT2D eigenvalue weighted by Gasteiger charge is -2.08. The van der Waals surface area contributed by atoms with Crippen molar-refractivity contribution in [3.05, 3.63) is 60.4 Å². The summed E-state index contributed by atoms with van der Waals surface area (Å²) in [5, 5.41) is 4.97. The van der Waals surface area contributed by atoms with Gasteiger partial charge in [-0.25, -0.2) is 4.39 Å². The minimum absolute atomic E-state index is 0.141. The van der Waals surface area contributed by atoms with Crippen LogP contribution in [0.2, 0.25) is 0 Å². The predicted molar refractivity (Wildman–Crippen MR) is 84.6 cm³/mol. The molecule has 0 spiro atoms. The summed E-state index contributed by atoms with van der Waals surface area (Å²) >= 11 is 0. The second kappa shape index (κ2) is 8.53. The van der Waals surface area contributed by atoms with Gasteiger partial charge in [-0.1, -0.05) is 24.3 Å². The maximum absolute atomic E-state index is 13.0. The van der Waals surface area contributed by atoms with Crippen LogP contribution in [0.15, 0.2) is 54.6 Å². The number of benzene rings is 2. The van der Waals surface area contributed by atoms with Crippen molar-refractivity contribution in [2.45, 2.75) is 6.42 Å². The number of carbonyl (C=O) groups excluding carboxylic acids is 2. The Labute approximate surface area is 133 Å². The molecule has 0 aromatic heterocycles. The summed E-state index contributed by atoms with van der Waals surface area (Å²) in [6, 6.07) is 14.7. The second-order valence-electron chi connectivity index (χ2n) is 4.75. The van der Waals surface area contributed by atoms with Gasteiger partial charge in [0, 0.05) is 5.69 Å². The Balaban J connectivity index is 1.65. The van der Waals surface area contributed by atoms with E-state index >= 15 is 0 Å². The maximum Gasteiger partial charge on any atom is 0.243 e. The van der Waals surface area contributed by atoms with Crippen LogP contribution in [0.5, 0.6) is 5.75 Å². The molecule has 0 saturated heterocycles. The van der Waals surface area contributed by atoms with E-state index in [1.54, 1.807) is 18.2 Å². The van der Waals surface area contributed by atoms with E-state index in [0.717, 1.165) is 0 Å². The fourth-order valence-corrected chi connectivity index (χ4v) is 1.82. The number of hydrogen-bond acceptors (Lipinski definition) is 3. The van der Waals surface area contributed by atoms with Crippen LogP contribution in [0.1, 0.15) is 6.42 Å². The Morgan fingerprint density at radius 1 is 1.00 bits per heavy atom. The average Bonchev–Trinajstić information content (AvgIpc) is 2.54. The molecule has 120 valence electrons. The van der Waals surface area contributed by atoms with Crippen molar-refractivity contribution in [2.75, 3.05) is 18.5 Å². The number of ether oxygens (including phenoxy) is 1. The van der Waals surface area contributed by atoms with E-state index in [0.29, 0.717) is 11.4 Å². The summed E-state index contributed by atoms with van der Waals surface area (Å²) in [6.07, 6.45) is 0.141. The van der Waals surface area contributed by atoms with Crippen molar-refractivity contribution in [1.29, 1.82) is 0 Å². The first-order chi connectivity index (χ1) is 11.1. The van der Waals surface area contributed by atoms with Crippen LogP contribution in [-0.2, 0) is 9.59 Å². The van der Waals surface area contributed by atoms with Gasteiger partial charge < -0.3 is 15.4 Å². The van der Waals surface area contributed by atoms with Gasteiger partial charge in [0.1, 0.15) is 11.6 Å². The van der Waals surface area contributed by atoms with Crippen molar-refractivity contribution in [1.82, 2.24) is 5.32 Å². The number of rotatable bonds is 7. The van der Waals surface area contributed by atoms with Crippen molar-refractivity contribution < 1.29 is 18.7 Å². The van der Waals surface area contributed by atoms with Crippen LogP contribution in [0.25, 0.3) is 0 Å². The fraction of sp³-hybridized carbons (Fsp3) is 0.176. The Bertz CT molecular complexity index is 662. The molecule has 2 aromatic carbocycles. The van der Waals surface area contributed by atoms with E-state index in [4.69, 9.17) is 4.74 Å². The molecule has 2 aromatic rings. The molecule has 0 aliphatic rings. The minimum atomic E-state index is -0.440. The molecule has 23 heavy (non-hydrogen) atoms. The summed E-state index contributed by atoms with van der Waals surface area (Å²) in [7, 11) is 0. The Morgan fingerprint density at radius 2 is 1.78 bits per heavy atom. The molecule has 6 heteroatoms. The number of para-hydroxylation sites is 1. The topological polar surface area (TPSA) is 67.4 Å². The highest BCUT2D eigenvalue weighted by Gasteiger charge is 2.06. The molecular formula is C17H17FN2O3. The fourth-order valence-electron chi connectivity index (χ4n) is 1.82. The van der Waals surface area contributed by atoms with Crippen molar-refractivity contribution >= 4 is 17.5 Å². The maximum atomic E-state index is 13.0. The van der Waals surface area contributed by atoms with E-state index in [1.807, 2.05) is 18.2 Å². The van der Waals surface area contributed by atoms with Crippen molar-refractivity contribution in [3.8, 4) is 5.75 Å². The van der Waals surface area contributed by atoms with E-state index in [2.05, 4.69) is 10.6 Å². The monoisotopic (exact) mass is 316 g/mol. The van der Waals surface area contributed by atoms with Crippen LogP contribution in [-0.4, -0.2) is 25.0 Å². The van der Waals surface area contributed by atoms with Gasteiger partial charge >= 0.3 is 0 Å². The molecule has 2 N–H and O–H groups in total. The van der Waals surface area contributed by atoms with Gasteiger partial charge in [0.25, 0.3) is 0 Å². The number of amides is 2. The molecule has 2 amide bonds. The van der Waals surface area contributed by atoms with Gasteiger partial charge in [0.2, 0.25) is 11.8 Å². The molecule has 0 fully saturated rings. The predicted octanol–water partition coefficient (Wildman–Crippen LogP) is 2.35. The van der Waals surface area contributed by atoms with E-state index < -0.39 is 11.7 Å². The molecule has 0 aliphatic heterocycles. The lowest BCUT2D eigenvalue weighted by molar-refractivity contribution is -0.124. The molecule has 5 nitrogen and oxygen atoms in total. The van der Waals surface area contributed by atoms with Crippen molar-refractivity contribution in [2.24, 2.45) is 0 Å². The summed E-state index contributed by atoms with van der Waals surface area (Å²) in [4.78, 5) is 23.3. The standard InChI is InChI=1S/C17H17FN2O3/c18-13-5-4-6-14(11-13)20-17(22)12-19-16(21)9-10-23-15-7-2-1-3-8-15/h1-8,11H,9-10,12H2,(H,19,21)(H,20,22). The van der Waals surface area contributed by atoms with Crippen LogP contribution in [0.3, 0.4) is 0 Å². The van der Waals surface area contributed by atoms with Gasteiger partial charge in [-0.2, -0.15) is 0 Å². The SMILES string of the molecule is O=C(CCOc1ccccc1)NCC(=O)Nc1cccc(F)c1. The zero-order valence-corrected chi connectivity index (χ0v) is 12.4. The first-order valence-corrected chi connectivity index (χ1v) is 7.13. The van der Waals surface area contributed by atoms with Crippen LogP contribution in [0, 0.1) is 5.82 Å². The Hall–Kier alpha value is -2.89. The highest BCUT2D eigenvalue weighted by atomic mass is 19.1. The lowest BCUT2D eigenvalue weighted by atomic mass is 10.3. The average molecular weight is 316 g/mol. The third-order valence-corrected chi connectivity index (χ3v) is 2.90. The summed E-state index contributed by atoms with van der Waals surface area (Å²) in [5.41, 5.74) is 0.344. The first-order valence-electron chi connectivity index (χ1n) is 7.13. The quantitative estimate of drug-likeness (QED) is 0.824. The molecule has 0 unspecified atom stereocenters. The molecule has 0 radical (unpaired) electrons. The summed E-state index contributed by atoms with van der Waals surface area (Å²) in [5.74, 6) is -0.475. The molecule has 2 rings (SSSR count). The zero-order valence-electron chi connectivity index (χ0n) is 12.4. The van der Waals surface area contributed by atoms with Gasteiger partial charge in [-0.3, -0.25) is 9.59 Å². The number of halogens is 1. The summed E-state index contributed by atoms with van der Waals surface area (Å²) in [6.45, 7) is 0.0437. The summed E-state index contributed by atoms with van der Waals surface area (Å²) < 4.78 is 18.4. The lowest BCUT2D eigenvalue weighted by Crippen LogP contribution is -2.33. The van der Waals surface area contributed by atoms with E-state index in [1.165, 1.54) is 18.2 Å². The van der Waals surface area contributed by atoms with E-state index in [9.17, 15) is 14.0 Å². The molecular weight excluding hydrogens is 299 g/mol.